The van der Waals surface area contributed by atoms with Crippen molar-refractivity contribution >= 4 is 16.0 Å². The van der Waals surface area contributed by atoms with Gasteiger partial charge in [0.05, 0.1) is 16.5 Å². The standard InChI is InChI=1S/C23H25NO6S/c1-3-4-5-17-13-19(23(25)26)22(16-8-11-20-21(12-16)30-14-29-20)24(17)31(27,28)18-9-6-15(2)7-10-18/h6-13,17,22H,3-5,14H2,1-2H3,(H,25,26)/t17-,22+/m1/s1. The summed E-state index contributed by atoms with van der Waals surface area (Å²) in [4.78, 5) is 12.3. The van der Waals surface area contributed by atoms with E-state index in [4.69, 9.17) is 9.47 Å². The molecule has 0 aromatic heterocycles. The maximum atomic E-state index is 13.7. The molecule has 2 aromatic carbocycles. The summed E-state index contributed by atoms with van der Waals surface area (Å²) >= 11 is 0. The van der Waals surface area contributed by atoms with Crippen LogP contribution in [0.2, 0.25) is 0 Å². The van der Waals surface area contributed by atoms with Crippen molar-refractivity contribution in [3.63, 3.8) is 0 Å². The van der Waals surface area contributed by atoms with E-state index in [0.29, 0.717) is 23.5 Å². The van der Waals surface area contributed by atoms with Crippen LogP contribution in [0.1, 0.15) is 43.4 Å². The molecule has 0 saturated carbocycles. The zero-order valence-corrected chi connectivity index (χ0v) is 18.3. The van der Waals surface area contributed by atoms with Crippen LogP contribution in [0.4, 0.5) is 0 Å². The van der Waals surface area contributed by atoms with E-state index in [1.807, 2.05) is 13.8 Å². The molecule has 0 fully saturated rings. The maximum absolute atomic E-state index is 13.7. The Hall–Kier alpha value is -2.84. The zero-order chi connectivity index (χ0) is 22.2. The Labute approximate surface area is 182 Å². The van der Waals surface area contributed by atoms with Gasteiger partial charge in [0.15, 0.2) is 11.5 Å². The first-order chi connectivity index (χ1) is 14.8. The van der Waals surface area contributed by atoms with E-state index in [-0.39, 0.29) is 17.3 Å². The first-order valence-corrected chi connectivity index (χ1v) is 11.7. The van der Waals surface area contributed by atoms with Crippen LogP contribution < -0.4 is 9.47 Å². The molecule has 0 bridgehead atoms. The van der Waals surface area contributed by atoms with E-state index >= 15 is 0 Å². The highest BCUT2D eigenvalue weighted by Gasteiger charge is 2.46. The van der Waals surface area contributed by atoms with E-state index in [9.17, 15) is 18.3 Å². The number of benzene rings is 2. The van der Waals surface area contributed by atoms with Crippen molar-refractivity contribution in [2.24, 2.45) is 0 Å². The van der Waals surface area contributed by atoms with Crippen LogP contribution in [0.15, 0.2) is 59.0 Å². The number of hydrogen-bond donors (Lipinski definition) is 1. The average Bonchev–Trinajstić information content (AvgIpc) is 3.36. The highest BCUT2D eigenvalue weighted by molar-refractivity contribution is 7.89. The molecule has 4 rings (SSSR count). The molecule has 2 atom stereocenters. The Morgan fingerprint density at radius 2 is 1.84 bits per heavy atom. The Morgan fingerprint density at radius 1 is 1.13 bits per heavy atom. The van der Waals surface area contributed by atoms with Crippen LogP contribution in [0.5, 0.6) is 11.5 Å². The third-order valence-corrected chi connectivity index (χ3v) is 7.56. The molecule has 31 heavy (non-hydrogen) atoms. The van der Waals surface area contributed by atoms with Crippen molar-refractivity contribution in [3.05, 3.63) is 65.2 Å². The van der Waals surface area contributed by atoms with Crippen molar-refractivity contribution in [1.29, 1.82) is 0 Å². The molecular formula is C23H25NO6S. The van der Waals surface area contributed by atoms with E-state index in [1.54, 1.807) is 48.5 Å². The van der Waals surface area contributed by atoms with Crippen LogP contribution in [-0.4, -0.2) is 36.6 Å². The second-order valence-electron chi connectivity index (χ2n) is 7.80. The van der Waals surface area contributed by atoms with Gasteiger partial charge in [0.1, 0.15) is 0 Å². The lowest BCUT2D eigenvalue weighted by Crippen LogP contribution is -2.39. The summed E-state index contributed by atoms with van der Waals surface area (Å²) in [5.74, 6) is -0.101. The molecule has 2 heterocycles. The summed E-state index contributed by atoms with van der Waals surface area (Å²) in [5.41, 5.74) is 1.53. The lowest BCUT2D eigenvalue weighted by Gasteiger charge is -2.31. The molecule has 0 radical (unpaired) electrons. The molecule has 0 spiro atoms. The summed E-state index contributed by atoms with van der Waals surface area (Å²) in [6.07, 6.45) is 3.78. The molecule has 2 aliphatic rings. The summed E-state index contributed by atoms with van der Waals surface area (Å²) < 4.78 is 39.6. The number of carboxylic acids is 1. The topological polar surface area (TPSA) is 93.1 Å². The molecule has 1 N–H and O–H groups in total. The number of carboxylic acid groups (broad SMARTS) is 1. The predicted molar refractivity (Wildman–Crippen MR) is 115 cm³/mol. The number of sulfonamides is 1. The number of rotatable bonds is 7. The van der Waals surface area contributed by atoms with Gasteiger partial charge in [-0.1, -0.05) is 49.6 Å². The van der Waals surface area contributed by atoms with Gasteiger partial charge >= 0.3 is 5.97 Å². The molecular weight excluding hydrogens is 418 g/mol. The number of aryl methyl sites for hydroxylation is 1. The maximum Gasteiger partial charge on any atom is 0.333 e. The first-order valence-electron chi connectivity index (χ1n) is 10.3. The largest absolute Gasteiger partial charge is 0.478 e. The molecule has 0 aliphatic carbocycles. The van der Waals surface area contributed by atoms with Crippen molar-refractivity contribution in [3.8, 4) is 11.5 Å². The van der Waals surface area contributed by atoms with Crippen molar-refractivity contribution in [2.45, 2.75) is 50.1 Å². The minimum Gasteiger partial charge on any atom is -0.478 e. The third-order valence-electron chi connectivity index (χ3n) is 5.66. The van der Waals surface area contributed by atoms with Crippen LogP contribution in [0.25, 0.3) is 0 Å². The zero-order valence-electron chi connectivity index (χ0n) is 17.4. The minimum atomic E-state index is -3.97. The van der Waals surface area contributed by atoms with Crippen LogP contribution in [-0.2, 0) is 14.8 Å². The third kappa shape index (κ3) is 3.93. The number of aliphatic carboxylic acids is 1. The Morgan fingerprint density at radius 3 is 2.52 bits per heavy atom. The lowest BCUT2D eigenvalue weighted by atomic mass is 10.0. The fraction of sp³-hybridized carbons (Fsp3) is 0.348. The van der Waals surface area contributed by atoms with Crippen LogP contribution >= 0.6 is 0 Å². The van der Waals surface area contributed by atoms with Gasteiger partial charge in [-0.2, -0.15) is 4.31 Å². The minimum absolute atomic E-state index is 0.0515. The summed E-state index contributed by atoms with van der Waals surface area (Å²) in [6, 6.07) is 10.2. The highest BCUT2D eigenvalue weighted by atomic mass is 32.2. The Balaban J connectivity index is 1.84. The van der Waals surface area contributed by atoms with E-state index in [1.165, 1.54) is 4.31 Å². The van der Waals surface area contributed by atoms with Gasteiger partial charge in [0.2, 0.25) is 16.8 Å². The SMILES string of the molecule is CCCC[C@@H]1C=C(C(=O)O)[C@H](c2ccc3c(c2)OCO3)N1S(=O)(=O)c1ccc(C)cc1. The van der Waals surface area contributed by atoms with Crippen LogP contribution in [0.3, 0.4) is 0 Å². The Bertz CT molecular complexity index is 1120. The first kappa shape index (κ1) is 21.4. The van der Waals surface area contributed by atoms with Gasteiger partial charge in [0, 0.05) is 6.04 Å². The van der Waals surface area contributed by atoms with Crippen molar-refractivity contribution in [2.75, 3.05) is 6.79 Å². The summed E-state index contributed by atoms with van der Waals surface area (Å²) in [6.45, 7) is 3.98. The molecule has 164 valence electrons. The smallest absolute Gasteiger partial charge is 0.333 e. The number of hydrogen-bond acceptors (Lipinski definition) is 5. The second-order valence-corrected chi connectivity index (χ2v) is 9.64. The summed E-state index contributed by atoms with van der Waals surface area (Å²) in [7, 11) is -3.97. The predicted octanol–water partition coefficient (Wildman–Crippen LogP) is 4.04. The van der Waals surface area contributed by atoms with Gasteiger partial charge in [-0.3, -0.25) is 0 Å². The quantitative estimate of drug-likeness (QED) is 0.694. The van der Waals surface area contributed by atoms with Gasteiger partial charge in [0.25, 0.3) is 0 Å². The van der Waals surface area contributed by atoms with E-state index in [2.05, 4.69) is 0 Å². The van der Waals surface area contributed by atoms with Crippen molar-refractivity contribution < 1.29 is 27.8 Å². The Kier molecular flexibility index (Phi) is 5.77. The lowest BCUT2D eigenvalue weighted by molar-refractivity contribution is -0.133. The monoisotopic (exact) mass is 443 g/mol. The fourth-order valence-electron chi connectivity index (χ4n) is 4.07. The molecule has 0 saturated heterocycles. The van der Waals surface area contributed by atoms with Crippen LogP contribution in [0, 0.1) is 6.92 Å². The van der Waals surface area contributed by atoms with E-state index < -0.39 is 28.1 Å². The summed E-state index contributed by atoms with van der Waals surface area (Å²) in [5, 5.41) is 9.93. The molecule has 7 nitrogen and oxygen atoms in total. The number of fused-ring (bicyclic) bond motifs is 1. The molecule has 2 aliphatic heterocycles. The molecule has 0 amide bonds. The van der Waals surface area contributed by atoms with Crippen molar-refractivity contribution in [1.82, 2.24) is 4.31 Å². The molecule has 0 unspecified atom stereocenters. The fourth-order valence-corrected chi connectivity index (χ4v) is 5.83. The second kappa shape index (κ2) is 8.36. The van der Waals surface area contributed by atoms with Gasteiger partial charge < -0.3 is 14.6 Å². The van der Waals surface area contributed by atoms with E-state index in [0.717, 1.165) is 18.4 Å². The highest BCUT2D eigenvalue weighted by Crippen LogP contribution is 2.45. The van der Waals surface area contributed by atoms with Gasteiger partial charge in [-0.15, -0.1) is 0 Å². The number of unbranched alkanes of at least 4 members (excludes halogenated alkanes) is 1. The number of nitrogens with zero attached hydrogens (tertiary/aromatic N) is 1. The van der Waals surface area contributed by atoms with Gasteiger partial charge in [-0.25, -0.2) is 13.2 Å². The van der Waals surface area contributed by atoms with Gasteiger partial charge in [-0.05, 0) is 43.2 Å². The molecule has 2 aromatic rings. The normalized spacial score (nSPS) is 20.6. The number of carbonyl (C=O) groups is 1. The number of ether oxygens (including phenoxy) is 2. The average molecular weight is 444 g/mol. The molecule has 8 heteroatoms.